The number of anilines is 2. The average Bonchev–Trinajstić information content (AvgIpc) is 3.67. The summed E-state index contributed by atoms with van der Waals surface area (Å²) in [5.74, 6) is 0.468. The lowest BCUT2D eigenvalue weighted by molar-refractivity contribution is -0.143. The fraction of sp³-hybridized carbons (Fsp3) is 0.552. The molecule has 1 saturated carbocycles. The summed E-state index contributed by atoms with van der Waals surface area (Å²) in [4.78, 5) is 3.57. The molecule has 2 aliphatic rings. The first-order valence-corrected chi connectivity index (χ1v) is 14.1. The lowest BCUT2D eigenvalue weighted by Gasteiger charge is -2.30. The van der Waals surface area contributed by atoms with Gasteiger partial charge in [0.15, 0.2) is 0 Å². The predicted molar refractivity (Wildman–Crippen MR) is 143 cm³/mol. The Morgan fingerprint density at radius 3 is 2.10 bits per heavy atom. The molecule has 5 rings (SSSR count). The minimum absolute atomic E-state index is 0.117. The van der Waals surface area contributed by atoms with E-state index in [-0.39, 0.29) is 30.4 Å². The van der Waals surface area contributed by atoms with Crippen LogP contribution in [0.3, 0.4) is 0 Å². The molecule has 2 N–H and O–H groups in total. The maximum Gasteiger partial charge on any atom is 0.416 e. The van der Waals surface area contributed by atoms with Crippen LogP contribution in [0.25, 0.3) is 0 Å². The number of nitrogens with zero attached hydrogens (tertiary/aromatic N) is 5. The highest BCUT2D eigenvalue weighted by Gasteiger charge is 2.37. The van der Waals surface area contributed by atoms with Crippen LogP contribution in [0.5, 0.6) is 0 Å². The van der Waals surface area contributed by atoms with Gasteiger partial charge in [-0.25, -0.2) is 0 Å². The zero-order valence-electron chi connectivity index (χ0n) is 22.9. The number of hydrogen-bond acceptors (Lipinski definition) is 5. The molecule has 222 valence electrons. The molecule has 0 spiro atoms. The van der Waals surface area contributed by atoms with Gasteiger partial charge in [-0.3, -0.25) is 0 Å². The van der Waals surface area contributed by atoms with Gasteiger partial charge in [0.1, 0.15) is 0 Å². The van der Waals surface area contributed by atoms with Crippen molar-refractivity contribution in [1.82, 2.24) is 20.2 Å². The molecule has 0 radical (unpaired) electrons. The largest absolute Gasteiger partial charge is 0.416 e. The van der Waals surface area contributed by atoms with Gasteiger partial charge in [-0.2, -0.15) is 31.1 Å². The van der Waals surface area contributed by atoms with Gasteiger partial charge >= 0.3 is 12.4 Å². The third-order valence-electron chi connectivity index (χ3n) is 8.31. The van der Waals surface area contributed by atoms with E-state index >= 15 is 0 Å². The van der Waals surface area contributed by atoms with Crippen LogP contribution in [0.4, 0.5) is 38.0 Å². The van der Waals surface area contributed by atoms with Crippen molar-refractivity contribution in [2.75, 3.05) is 23.7 Å². The lowest BCUT2D eigenvalue weighted by Crippen LogP contribution is -2.30. The summed E-state index contributed by atoms with van der Waals surface area (Å²) in [5.41, 5.74) is 7.45. The first kappa shape index (κ1) is 29.2. The molecule has 1 unspecified atom stereocenters. The molecule has 6 nitrogen and oxygen atoms in total. The Morgan fingerprint density at radius 2 is 1.54 bits per heavy atom. The number of tetrazole rings is 1. The van der Waals surface area contributed by atoms with Gasteiger partial charge in [0, 0.05) is 18.8 Å². The summed E-state index contributed by atoms with van der Waals surface area (Å²) in [5, 5.41) is 11.8. The van der Waals surface area contributed by atoms with Crippen molar-refractivity contribution >= 4 is 11.6 Å². The minimum atomic E-state index is -4.93. The molecule has 0 amide bonds. The number of fused-ring (bicyclic) bond motifs is 1. The van der Waals surface area contributed by atoms with Gasteiger partial charge in [-0.15, -0.1) is 5.10 Å². The van der Waals surface area contributed by atoms with Gasteiger partial charge in [-0.1, -0.05) is 24.0 Å². The van der Waals surface area contributed by atoms with Crippen molar-refractivity contribution < 1.29 is 26.3 Å². The highest BCUT2D eigenvalue weighted by atomic mass is 19.4. The minimum Gasteiger partial charge on any atom is -0.371 e. The van der Waals surface area contributed by atoms with Crippen LogP contribution < -0.4 is 10.6 Å². The van der Waals surface area contributed by atoms with Crippen LogP contribution in [-0.4, -0.2) is 33.3 Å². The Hall–Kier alpha value is -3.31. The molecule has 1 heterocycles. The molecule has 0 bridgehead atoms. The highest BCUT2D eigenvalue weighted by molar-refractivity contribution is 5.59. The van der Waals surface area contributed by atoms with E-state index in [2.05, 4.69) is 39.4 Å². The monoisotopic (exact) mass is 580 g/mol. The quantitative estimate of drug-likeness (QED) is 0.281. The van der Waals surface area contributed by atoms with Crippen molar-refractivity contribution in [3.05, 3.63) is 63.7 Å². The normalized spacial score (nSPS) is 16.8. The standard InChI is InChI=1S/C29H34F6N6/c1-2-40(17-18-6-3-4-7-18)26-15-21-9-5-8-20(21)13-22(26)14-25(41-38-27(36)37-39-41)12-19-10-23(28(30,31)32)16-24(11-19)29(33,34)35/h10-11,13,15-16,18,25H,2-9,12,14,17H2,1H3,(H2,36,38). The van der Waals surface area contributed by atoms with Gasteiger partial charge in [0.2, 0.25) is 0 Å². The molecule has 0 saturated heterocycles. The summed E-state index contributed by atoms with van der Waals surface area (Å²) in [7, 11) is 0. The summed E-state index contributed by atoms with van der Waals surface area (Å²) in [6.45, 7) is 3.79. The first-order valence-electron chi connectivity index (χ1n) is 14.1. The number of benzene rings is 2. The number of nitrogens with two attached hydrogens (primary N) is 1. The Kier molecular flexibility index (Phi) is 8.20. The lowest BCUT2D eigenvalue weighted by atomic mass is 9.93. The van der Waals surface area contributed by atoms with E-state index in [1.165, 1.54) is 41.6 Å². The molecule has 1 atom stereocenters. The molecular formula is C29H34F6N6. The summed E-state index contributed by atoms with van der Waals surface area (Å²) in [6, 6.07) is 5.34. The van der Waals surface area contributed by atoms with Crippen LogP contribution in [0.15, 0.2) is 30.3 Å². The first-order chi connectivity index (χ1) is 19.4. The number of rotatable bonds is 9. The fourth-order valence-electron chi connectivity index (χ4n) is 6.31. The SMILES string of the molecule is CCN(CC1CCCC1)c1cc2c(cc1CC(Cc1cc(C(F)(F)F)cc(C(F)(F)F)c1)n1nnc(N)n1)CCC2. The molecule has 41 heavy (non-hydrogen) atoms. The zero-order valence-corrected chi connectivity index (χ0v) is 22.9. The Labute approximate surface area is 234 Å². The van der Waals surface area contributed by atoms with E-state index in [1.807, 2.05) is 0 Å². The molecular weight excluding hydrogens is 546 g/mol. The highest BCUT2D eigenvalue weighted by Crippen LogP contribution is 2.39. The van der Waals surface area contributed by atoms with Crippen molar-refractivity contribution in [2.45, 2.75) is 83.1 Å². The Bertz CT molecular complexity index is 1330. The second kappa shape index (κ2) is 11.5. The van der Waals surface area contributed by atoms with Crippen molar-refractivity contribution in [3.8, 4) is 0 Å². The Morgan fingerprint density at radius 1 is 0.902 bits per heavy atom. The van der Waals surface area contributed by atoms with E-state index in [0.29, 0.717) is 5.92 Å². The zero-order chi connectivity index (χ0) is 29.4. The Balaban J connectivity index is 1.54. The number of aromatic nitrogens is 4. The van der Waals surface area contributed by atoms with Crippen molar-refractivity contribution in [1.29, 1.82) is 0 Å². The van der Waals surface area contributed by atoms with Crippen molar-refractivity contribution in [3.63, 3.8) is 0 Å². The van der Waals surface area contributed by atoms with Crippen LogP contribution in [0.1, 0.15) is 78.5 Å². The van der Waals surface area contributed by atoms with E-state index < -0.39 is 29.5 Å². The van der Waals surface area contributed by atoms with E-state index in [4.69, 9.17) is 5.73 Å². The van der Waals surface area contributed by atoms with Crippen LogP contribution in [0.2, 0.25) is 0 Å². The molecule has 1 aromatic heterocycles. The van der Waals surface area contributed by atoms with Gasteiger partial charge in [0.05, 0.1) is 17.2 Å². The van der Waals surface area contributed by atoms with Gasteiger partial charge < -0.3 is 10.6 Å². The van der Waals surface area contributed by atoms with E-state index in [1.54, 1.807) is 0 Å². The van der Waals surface area contributed by atoms with E-state index in [0.717, 1.165) is 55.7 Å². The fourth-order valence-corrected chi connectivity index (χ4v) is 6.31. The predicted octanol–water partition coefficient (Wildman–Crippen LogP) is 6.82. The third-order valence-corrected chi connectivity index (χ3v) is 8.31. The molecule has 2 aromatic carbocycles. The van der Waals surface area contributed by atoms with Gasteiger partial charge in [-0.05, 0) is 110 Å². The molecule has 2 aliphatic carbocycles. The number of alkyl halides is 6. The number of aryl methyl sites for hydroxylation is 2. The second-order valence-electron chi connectivity index (χ2n) is 11.2. The maximum atomic E-state index is 13.6. The molecule has 12 heteroatoms. The van der Waals surface area contributed by atoms with E-state index in [9.17, 15) is 26.3 Å². The van der Waals surface area contributed by atoms with Crippen molar-refractivity contribution in [2.24, 2.45) is 5.92 Å². The molecule has 3 aromatic rings. The maximum absolute atomic E-state index is 13.6. The topological polar surface area (TPSA) is 72.9 Å². The number of hydrogen-bond donors (Lipinski definition) is 1. The summed E-state index contributed by atoms with van der Waals surface area (Å²) >= 11 is 0. The third kappa shape index (κ3) is 6.78. The average molecular weight is 581 g/mol. The number of nitrogen functional groups attached to an aromatic ring is 1. The van der Waals surface area contributed by atoms with Crippen LogP contribution in [-0.2, 0) is 38.0 Å². The second-order valence-corrected chi connectivity index (χ2v) is 11.2. The molecule has 0 aliphatic heterocycles. The summed E-state index contributed by atoms with van der Waals surface area (Å²) < 4.78 is 81.6. The van der Waals surface area contributed by atoms with Crippen LogP contribution >= 0.6 is 0 Å². The number of halogens is 6. The molecule has 1 fully saturated rings. The smallest absolute Gasteiger partial charge is 0.371 e. The van der Waals surface area contributed by atoms with Crippen LogP contribution in [0, 0.1) is 5.92 Å². The summed E-state index contributed by atoms with van der Waals surface area (Å²) in [6.07, 6.45) is -2.00. The van der Waals surface area contributed by atoms with Gasteiger partial charge in [0.25, 0.3) is 5.95 Å².